The van der Waals surface area contributed by atoms with Crippen LogP contribution in [0.15, 0.2) is 140 Å². The highest BCUT2D eigenvalue weighted by atomic mass is 16.3. The standard InChI is InChI=1S/C51H55N21O7/c52-35(73)37(68-48(53)54)64-43(75)39(70-50(57)58)66-45(77)40(71-51(59)60)67-44(76)38(69-49(55)56)65-42(74)34(25-13-3-1-4-14-25)62-46(78)47(79)72(24-28-23-27-17-7-8-18-29(27)31-20-10-9-19-30(28)31)41-32-21-11-12-22-33(32)61-36(63-41)26-15-5-2-6-16-26/h1-23,34,37-40,47,79H,24H2,(H2,52,73)(H,62,78)(H,64,75)(H,65,74)(H,66,77)(H,67,76)(H4,53,54,68)(H4,55,56,69)(H4,57,58,70)(H4,59,60,71). The normalized spacial score (nSPS) is 13.1. The molecule has 1 heterocycles. The molecular weight excluding hydrogens is 1020 g/mol. The van der Waals surface area contributed by atoms with E-state index in [0.29, 0.717) is 22.0 Å². The number of benzene rings is 6. The summed E-state index contributed by atoms with van der Waals surface area (Å²) in [4.78, 5) is 93.7. The lowest BCUT2D eigenvalue weighted by Crippen LogP contribution is -2.68. The summed E-state index contributed by atoms with van der Waals surface area (Å²) >= 11 is 0. The lowest BCUT2D eigenvalue weighted by molar-refractivity contribution is -0.136. The highest BCUT2D eigenvalue weighted by Gasteiger charge is 2.36. The molecule has 28 nitrogen and oxygen atoms in total. The van der Waals surface area contributed by atoms with Gasteiger partial charge in [0.1, 0.15) is 11.9 Å². The first-order chi connectivity index (χ1) is 37.8. The first kappa shape index (κ1) is 55.6. The van der Waals surface area contributed by atoms with Crippen LogP contribution in [-0.2, 0) is 35.3 Å². The van der Waals surface area contributed by atoms with Crippen molar-refractivity contribution in [2.24, 2.45) is 28.7 Å². The molecule has 6 amide bonds. The number of aliphatic hydroxyl groups is 1. The molecule has 6 aromatic carbocycles. The minimum absolute atomic E-state index is 0.119. The Kier molecular flexibility index (Phi) is 17.5. The van der Waals surface area contributed by atoms with E-state index in [4.69, 9.17) is 60.3 Å². The van der Waals surface area contributed by atoms with Crippen molar-refractivity contribution in [1.82, 2.24) is 57.8 Å². The van der Waals surface area contributed by atoms with Gasteiger partial charge in [-0.05, 0) is 50.9 Å². The number of nitrogens with zero attached hydrogens (tertiary/aromatic N) is 3. The molecular formula is C51H55N21O7. The summed E-state index contributed by atoms with van der Waals surface area (Å²) in [6.07, 6.45) is -10.1. The largest absolute Gasteiger partial charge is 0.370 e. The Balaban J connectivity index is 1.21. The van der Waals surface area contributed by atoms with Gasteiger partial charge in [0.2, 0.25) is 12.1 Å². The summed E-state index contributed by atoms with van der Waals surface area (Å²) in [6.45, 7) is -0.119. The van der Waals surface area contributed by atoms with Crippen molar-refractivity contribution < 1.29 is 33.9 Å². The van der Waals surface area contributed by atoms with Crippen molar-refractivity contribution >= 4 is 97.5 Å². The topological polar surface area (TPSA) is 485 Å². The summed E-state index contributed by atoms with van der Waals surface area (Å²) < 4.78 is 0. The van der Waals surface area contributed by atoms with E-state index in [1.165, 1.54) is 17.0 Å². The quantitative estimate of drug-likeness (QED) is 0.0160. The fraction of sp³-hybridized carbons (Fsp3) is 0.137. The van der Waals surface area contributed by atoms with Gasteiger partial charge in [-0.15, -0.1) is 0 Å². The number of amides is 6. The van der Waals surface area contributed by atoms with Gasteiger partial charge < -0.3 is 86.5 Å². The van der Waals surface area contributed by atoms with Crippen molar-refractivity contribution in [2.75, 3.05) is 4.90 Å². The number of nitrogens with one attached hydrogen (secondary N) is 13. The molecule has 0 saturated heterocycles. The lowest BCUT2D eigenvalue weighted by Gasteiger charge is -2.31. The van der Waals surface area contributed by atoms with Gasteiger partial charge in [0.15, 0.2) is 54.3 Å². The van der Waals surface area contributed by atoms with Gasteiger partial charge in [-0.3, -0.25) is 50.4 Å². The fourth-order valence-electron chi connectivity index (χ4n) is 8.23. The van der Waals surface area contributed by atoms with Crippen LogP contribution in [0.25, 0.3) is 43.8 Å². The predicted molar refractivity (Wildman–Crippen MR) is 293 cm³/mol. The summed E-state index contributed by atoms with van der Waals surface area (Å²) in [6, 6.07) is 39.6. The number of hydrogen-bond donors (Lipinski definition) is 19. The Labute approximate surface area is 448 Å². The van der Waals surface area contributed by atoms with Crippen LogP contribution in [0.1, 0.15) is 17.2 Å². The van der Waals surface area contributed by atoms with E-state index in [0.717, 1.165) is 21.5 Å². The number of fused-ring (bicyclic) bond motifs is 4. The Morgan fingerprint density at radius 1 is 0.468 bits per heavy atom. The van der Waals surface area contributed by atoms with E-state index in [2.05, 4.69) is 42.5 Å². The highest BCUT2D eigenvalue weighted by molar-refractivity contribution is 6.09. The number of nitrogens with two attached hydrogens (primary N) is 5. The Bertz CT molecular complexity index is 3500. The molecule has 0 spiro atoms. The zero-order chi connectivity index (χ0) is 56.9. The number of para-hydroxylation sites is 1. The number of primary amides is 1. The van der Waals surface area contributed by atoms with Crippen LogP contribution in [0.2, 0.25) is 0 Å². The monoisotopic (exact) mass is 1070 g/mol. The molecule has 6 atom stereocenters. The molecule has 0 radical (unpaired) electrons. The Morgan fingerprint density at radius 3 is 1.46 bits per heavy atom. The molecule has 7 rings (SSSR count). The number of carbonyl (C=O) groups excluding carboxylic acids is 6. The van der Waals surface area contributed by atoms with E-state index < -0.39 is 96.2 Å². The van der Waals surface area contributed by atoms with Gasteiger partial charge in [-0.2, -0.15) is 0 Å². The molecule has 1 aromatic heterocycles. The fourth-order valence-corrected chi connectivity index (χ4v) is 8.23. The lowest BCUT2D eigenvalue weighted by atomic mass is 9.97. The van der Waals surface area contributed by atoms with E-state index in [1.807, 2.05) is 90.2 Å². The second-order valence-electron chi connectivity index (χ2n) is 17.3. The average Bonchev–Trinajstić information content (AvgIpc) is 3.48. The van der Waals surface area contributed by atoms with E-state index >= 15 is 0 Å². The smallest absolute Gasteiger partial charge is 0.271 e. The number of anilines is 1. The van der Waals surface area contributed by atoms with E-state index in [9.17, 15) is 33.9 Å². The van der Waals surface area contributed by atoms with Gasteiger partial charge in [-0.1, -0.05) is 121 Å². The van der Waals surface area contributed by atoms with Crippen molar-refractivity contribution in [3.8, 4) is 11.4 Å². The number of aliphatic hydroxyl groups excluding tert-OH is 1. The van der Waals surface area contributed by atoms with Crippen molar-refractivity contribution in [3.05, 3.63) is 151 Å². The molecule has 24 N–H and O–H groups in total. The maximum absolute atomic E-state index is 14.9. The number of carbonyl (C=O) groups is 6. The first-order valence-electron chi connectivity index (χ1n) is 23.7. The zero-order valence-electron chi connectivity index (χ0n) is 41.6. The number of rotatable bonds is 21. The first-order valence-corrected chi connectivity index (χ1v) is 23.7. The van der Waals surface area contributed by atoms with Crippen LogP contribution in [0.4, 0.5) is 5.82 Å². The third-order valence-corrected chi connectivity index (χ3v) is 11.7. The van der Waals surface area contributed by atoms with Gasteiger partial charge in [-0.25, -0.2) is 9.97 Å². The molecule has 0 bridgehead atoms. The third-order valence-electron chi connectivity index (χ3n) is 11.7. The minimum Gasteiger partial charge on any atom is -0.370 e. The SMILES string of the molecule is N=C(N)NC(NC(=O)C(NC(=N)N)NC(=O)C(NC(=N)N)NC(=O)C(NC(=N)N)NC(=O)C(NC(=O)C(O)N(Cc1cc2ccccc2c2ccccc12)c1nc(-c2ccccc2)nc2ccccc12)c1ccccc1)C(N)=O. The molecule has 406 valence electrons. The van der Waals surface area contributed by atoms with Crippen LogP contribution < -0.4 is 81.4 Å². The highest BCUT2D eigenvalue weighted by Crippen LogP contribution is 2.34. The molecule has 0 saturated carbocycles. The van der Waals surface area contributed by atoms with Gasteiger partial charge >= 0.3 is 0 Å². The maximum Gasteiger partial charge on any atom is 0.271 e. The molecule has 7 aromatic rings. The third kappa shape index (κ3) is 14.0. The Hall–Kier alpha value is -11.2. The van der Waals surface area contributed by atoms with Crippen molar-refractivity contribution in [1.29, 1.82) is 21.6 Å². The molecule has 0 aliphatic heterocycles. The zero-order valence-corrected chi connectivity index (χ0v) is 41.6. The van der Waals surface area contributed by atoms with Crippen molar-refractivity contribution in [2.45, 2.75) is 43.5 Å². The maximum atomic E-state index is 14.9. The van der Waals surface area contributed by atoms with E-state index in [1.54, 1.807) is 42.5 Å². The molecule has 0 aliphatic carbocycles. The molecule has 0 aliphatic rings. The average molecular weight is 1070 g/mol. The van der Waals surface area contributed by atoms with E-state index in [-0.39, 0.29) is 23.8 Å². The van der Waals surface area contributed by atoms with Gasteiger partial charge in [0, 0.05) is 17.5 Å². The van der Waals surface area contributed by atoms with Gasteiger partial charge in [0.25, 0.3) is 29.5 Å². The van der Waals surface area contributed by atoms with Crippen LogP contribution in [0.5, 0.6) is 0 Å². The van der Waals surface area contributed by atoms with Crippen LogP contribution in [0.3, 0.4) is 0 Å². The predicted octanol–water partition coefficient (Wildman–Crippen LogP) is -2.03. The van der Waals surface area contributed by atoms with Crippen molar-refractivity contribution in [3.63, 3.8) is 0 Å². The summed E-state index contributed by atoms with van der Waals surface area (Å²) in [5, 5.41) is 67.3. The summed E-state index contributed by atoms with van der Waals surface area (Å²) in [5.74, 6) is -10.5. The molecule has 0 fully saturated rings. The summed E-state index contributed by atoms with van der Waals surface area (Å²) in [7, 11) is 0. The Morgan fingerprint density at radius 2 is 0.911 bits per heavy atom. The molecule has 6 unspecified atom stereocenters. The van der Waals surface area contributed by atoms with Gasteiger partial charge in [0.05, 0.1) is 5.52 Å². The summed E-state index contributed by atoms with van der Waals surface area (Å²) in [5.41, 5.74) is 29.1. The number of guanidine groups is 4. The number of hydrogen-bond acceptors (Lipinski definition) is 14. The molecule has 79 heavy (non-hydrogen) atoms. The van der Waals surface area contributed by atoms with Crippen LogP contribution >= 0.6 is 0 Å². The second kappa shape index (κ2) is 24.9. The second-order valence-corrected chi connectivity index (χ2v) is 17.3. The molecule has 28 heteroatoms. The minimum atomic E-state index is -2.10. The van der Waals surface area contributed by atoms with Crippen LogP contribution in [-0.4, -0.2) is 105 Å². The number of aromatic nitrogens is 2. The van der Waals surface area contributed by atoms with Crippen LogP contribution in [0, 0.1) is 21.6 Å².